The van der Waals surface area contributed by atoms with Gasteiger partial charge in [-0.25, -0.2) is 0 Å². The first-order chi connectivity index (χ1) is 9.24. The zero-order chi connectivity index (χ0) is 13.5. The van der Waals surface area contributed by atoms with Gasteiger partial charge in [-0.15, -0.1) is 0 Å². The monoisotopic (exact) mass is 262 g/mol. The SMILES string of the molecule is CC(=O)Nc1ccc(CNCCC2CCOC2)cc1. The van der Waals surface area contributed by atoms with E-state index in [1.807, 2.05) is 24.3 Å². The van der Waals surface area contributed by atoms with E-state index in [9.17, 15) is 4.79 Å². The molecule has 1 unspecified atom stereocenters. The first-order valence-electron chi connectivity index (χ1n) is 6.89. The van der Waals surface area contributed by atoms with Gasteiger partial charge in [-0.05, 0) is 43.0 Å². The average molecular weight is 262 g/mol. The third-order valence-electron chi connectivity index (χ3n) is 3.36. The van der Waals surface area contributed by atoms with Crippen LogP contribution in [-0.2, 0) is 16.1 Å². The molecule has 0 aliphatic carbocycles. The maximum Gasteiger partial charge on any atom is 0.221 e. The Balaban J connectivity index is 1.66. The van der Waals surface area contributed by atoms with Crippen molar-refractivity contribution in [2.45, 2.75) is 26.3 Å². The smallest absolute Gasteiger partial charge is 0.221 e. The number of benzene rings is 1. The van der Waals surface area contributed by atoms with Gasteiger partial charge in [0.2, 0.25) is 5.91 Å². The summed E-state index contributed by atoms with van der Waals surface area (Å²) in [5.74, 6) is 0.694. The van der Waals surface area contributed by atoms with Gasteiger partial charge < -0.3 is 15.4 Å². The van der Waals surface area contributed by atoms with Crippen molar-refractivity contribution in [3.63, 3.8) is 0 Å². The molecule has 0 aromatic heterocycles. The Bertz CT molecular complexity index is 397. The molecule has 19 heavy (non-hydrogen) atoms. The minimum Gasteiger partial charge on any atom is -0.381 e. The Hall–Kier alpha value is -1.39. The van der Waals surface area contributed by atoms with Gasteiger partial charge in [0.15, 0.2) is 0 Å². The molecule has 104 valence electrons. The van der Waals surface area contributed by atoms with Gasteiger partial charge in [0.05, 0.1) is 0 Å². The second-order valence-corrected chi connectivity index (χ2v) is 5.07. The summed E-state index contributed by atoms with van der Waals surface area (Å²) in [5, 5.41) is 6.21. The fraction of sp³-hybridized carbons (Fsp3) is 0.533. The number of carbonyl (C=O) groups excluding carboxylic acids is 1. The van der Waals surface area contributed by atoms with Crippen LogP contribution in [0.1, 0.15) is 25.3 Å². The van der Waals surface area contributed by atoms with Crippen LogP contribution in [0.2, 0.25) is 0 Å². The minimum absolute atomic E-state index is 0.0374. The Kier molecular flexibility index (Phi) is 5.36. The van der Waals surface area contributed by atoms with E-state index >= 15 is 0 Å². The highest BCUT2D eigenvalue weighted by molar-refractivity contribution is 5.88. The number of hydrogen-bond donors (Lipinski definition) is 2. The summed E-state index contributed by atoms with van der Waals surface area (Å²) in [4.78, 5) is 10.9. The molecule has 1 saturated heterocycles. The molecule has 4 heteroatoms. The molecule has 0 saturated carbocycles. The fourth-order valence-electron chi connectivity index (χ4n) is 2.26. The van der Waals surface area contributed by atoms with Crippen LogP contribution in [-0.4, -0.2) is 25.7 Å². The molecule has 2 rings (SSSR count). The van der Waals surface area contributed by atoms with E-state index in [-0.39, 0.29) is 5.91 Å². The van der Waals surface area contributed by atoms with Gasteiger partial charge in [0.25, 0.3) is 0 Å². The second-order valence-electron chi connectivity index (χ2n) is 5.07. The molecule has 0 radical (unpaired) electrons. The molecule has 0 bridgehead atoms. The predicted molar refractivity (Wildman–Crippen MR) is 76.0 cm³/mol. The van der Waals surface area contributed by atoms with Crippen molar-refractivity contribution in [2.75, 3.05) is 25.1 Å². The topological polar surface area (TPSA) is 50.4 Å². The lowest BCUT2D eigenvalue weighted by molar-refractivity contribution is -0.114. The summed E-state index contributed by atoms with van der Waals surface area (Å²) < 4.78 is 5.35. The van der Waals surface area contributed by atoms with Crippen LogP contribution in [0.25, 0.3) is 0 Å². The summed E-state index contributed by atoms with van der Waals surface area (Å²) in [6.45, 7) is 5.26. The van der Waals surface area contributed by atoms with Gasteiger partial charge in [0, 0.05) is 32.4 Å². The highest BCUT2D eigenvalue weighted by atomic mass is 16.5. The van der Waals surface area contributed by atoms with Crippen molar-refractivity contribution in [2.24, 2.45) is 5.92 Å². The highest BCUT2D eigenvalue weighted by Crippen LogP contribution is 2.15. The van der Waals surface area contributed by atoms with Gasteiger partial charge in [-0.1, -0.05) is 12.1 Å². The molecule has 1 amide bonds. The molecule has 1 atom stereocenters. The van der Waals surface area contributed by atoms with Crippen LogP contribution in [0.5, 0.6) is 0 Å². The number of rotatable bonds is 6. The lowest BCUT2D eigenvalue weighted by Crippen LogP contribution is -2.18. The first-order valence-corrected chi connectivity index (χ1v) is 6.89. The predicted octanol–water partition coefficient (Wildman–Crippen LogP) is 2.16. The Labute approximate surface area is 114 Å². The van der Waals surface area contributed by atoms with Crippen LogP contribution < -0.4 is 10.6 Å². The van der Waals surface area contributed by atoms with E-state index in [1.165, 1.54) is 25.3 Å². The van der Waals surface area contributed by atoms with Crippen LogP contribution in [0.15, 0.2) is 24.3 Å². The lowest BCUT2D eigenvalue weighted by Gasteiger charge is -2.09. The zero-order valence-electron chi connectivity index (χ0n) is 11.4. The van der Waals surface area contributed by atoms with Crippen LogP contribution in [0.4, 0.5) is 5.69 Å². The van der Waals surface area contributed by atoms with Gasteiger partial charge in [-0.3, -0.25) is 4.79 Å². The number of amides is 1. The average Bonchev–Trinajstić information content (AvgIpc) is 2.89. The summed E-state index contributed by atoms with van der Waals surface area (Å²) >= 11 is 0. The molecule has 1 aromatic rings. The summed E-state index contributed by atoms with van der Waals surface area (Å²) in [6.07, 6.45) is 2.39. The number of hydrogen-bond acceptors (Lipinski definition) is 3. The summed E-state index contributed by atoms with van der Waals surface area (Å²) in [7, 11) is 0. The molecular weight excluding hydrogens is 240 g/mol. The fourth-order valence-corrected chi connectivity index (χ4v) is 2.26. The Morgan fingerprint density at radius 2 is 2.16 bits per heavy atom. The molecule has 1 aliphatic heterocycles. The van der Waals surface area contributed by atoms with Crippen molar-refractivity contribution >= 4 is 11.6 Å². The lowest BCUT2D eigenvalue weighted by atomic mass is 10.1. The van der Waals surface area contributed by atoms with Crippen molar-refractivity contribution in [3.05, 3.63) is 29.8 Å². The number of nitrogens with one attached hydrogen (secondary N) is 2. The van der Waals surface area contributed by atoms with Crippen molar-refractivity contribution in [1.82, 2.24) is 5.32 Å². The standard InChI is InChI=1S/C15H22N2O2/c1-12(18)17-15-4-2-13(3-5-15)10-16-8-6-14-7-9-19-11-14/h2-5,14,16H,6-11H2,1H3,(H,17,18). The maximum absolute atomic E-state index is 10.9. The van der Waals surface area contributed by atoms with Crippen LogP contribution in [0, 0.1) is 5.92 Å². The quantitative estimate of drug-likeness (QED) is 0.772. The zero-order valence-corrected chi connectivity index (χ0v) is 11.4. The van der Waals surface area contributed by atoms with Crippen molar-refractivity contribution in [1.29, 1.82) is 0 Å². The molecule has 1 heterocycles. The van der Waals surface area contributed by atoms with Crippen molar-refractivity contribution in [3.8, 4) is 0 Å². The molecular formula is C15H22N2O2. The minimum atomic E-state index is -0.0374. The van der Waals surface area contributed by atoms with E-state index in [0.29, 0.717) is 0 Å². The van der Waals surface area contributed by atoms with E-state index in [0.717, 1.165) is 37.9 Å². The highest BCUT2D eigenvalue weighted by Gasteiger charge is 2.14. The summed E-state index contributed by atoms with van der Waals surface area (Å²) in [6, 6.07) is 7.94. The number of anilines is 1. The molecule has 1 aliphatic rings. The Morgan fingerprint density at radius 3 is 2.79 bits per heavy atom. The van der Waals surface area contributed by atoms with Crippen LogP contribution >= 0.6 is 0 Å². The normalized spacial score (nSPS) is 18.5. The molecule has 1 aromatic carbocycles. The van der Waals surface area contributed by atoms with Crippen molar-refractivity contribution < 1.29 is 9.53 Å². The number of carbonyl (C=O) groups is 1. The molecule has 1 fully saturated rings. The maximum atomic E-state index is 10.9. The number of ether oxygens (including phenoxy) is 1. The van der Waals surface area contributed by atoms with Gasteiger partial charge in [0.1, 0.15) is 0 Å². The third kappa shape index (κ3) is 5.01. The molecule has 0 spiro atoms. The first kappa shape index (κ1) is 14.0. The molecule has 4 nitrogen and oxygen atoms in total. The largest absolute Gasteiger partial charge is 0.381 e. The Morgan fingerprint density at radius 1 is 1.37 bits per heavy atom. The summed E-state index contributed by atoms with van der Waals surface area (Å²) in [5.41, 5.74) is 2.08. The van der Waals surface area contributed by atoms with E-state index in [1.54, 1.807) is 0 Å². The van der Waals surface area contributed by atoms with E-state index < -0.39 is 0 Å². The van der Waals surface area contributed by atoms with Gasteiger partial charge >= 0.3 is 0 Å². The van der Waals surface area contributed by atoms with Crippen LogP contribution in [0.3, 0.4) is 0 Å². The van der Waals surface area contributed by atoms with E-state index in [2.05, 4.69) is 10.6 Å². The third-order valence-corrected chi connectivity index (χ3v) is 3.36. The van der Waals surface area contributed by atoms with Gasteiger partial charge in [-0.2, -0.15) is 0 Å². The second kappa shape index (κ2) is 7.26. The molecule has 2 N–H and O–H groups in total. The van der Waals surface area contributed by atoms with E-state index in [4.69, 9.17) is 4.74 Å².